The third-order valence-corrected chi connectivity index (χ3v) is 4.11. The fourth-order valence-corrected chi connectivity index (χ4v) is 3.07. The normalized spacial score (nSPS) is 17.0. The maximum absolute atomic E-state index is 9.68. The van der Waals surface area contributed by atoms with Crippen molar-refractivity contribution in [3.05, 3.63) is 60.3 Å². The lowest BCUT2D eigenvalue weighted by atomic mass is 10.0. The molecule has 0 amide bonds. The second kappa shape index (κ2) is 4.81. The van der Waals surface area contributed by atoms with Gasteiger partial charge < -0.3 is 10.0 Å². The molecule has 0 spiro atoms. The second-order valence-electron chi connectivity index (χ2n) is 5.51. The molecule has 21 heavy (non-hydrogen) atoms. The molecule has 4 nitrogen and oxygen atoms in total. The molecule has 0 fully saturated rings. The highest BCUT2D eigenvalue weighted by Gasteiger charge is 2.18. The number of allylic oxidation sites excluding steroid dienone is 2. The number of fused-ring (bicyclic) bond motifs is 1. The maximum atomic E-state index is 9.68. The van der Waals surface area contributed by atoms with E-state index < -0.39 is 0 Å². The van der Waals surface area contributed by atoms with E-state index in [0.717, 1.165) is 18.7 Å². The SMILES string of the molecule is OC1=CC=CN(c2cccc(-c3cnn4c3CCC4)c2)C1. The van der Waals surface area contributed by atoms with E-state index in [1.54, 1.807) is 6.08 Å². The summed E-state index contributed by atoms with van der Waals surface area (Å²) in [6.45, 7) is 1.55. The van der Waals surface area contributed by atoms with Gasteiger partial charge in [-0.25, -0.2) is 0 Å². The van der Waals surface area contributed by atoms with Gasteiger partial charge in [0.15, 0.2) is 0 Å². The molecule has 4 heteroatoms. The molecule has 2 aliphatic rings. The van der Waals surface area contributed by atoms with Crippen LogP contribution in [-0.2, 0) is 13.0 Å². The van der Waals surface area contributed by atoms with E-state index in [9.17, 15) is 5.11 Å². The van der Waals surface area contributed by atoms with Crippen LogP contribution in [0.2, 0.25) is 0 Å². The first-order valence-electron chi connectivity index (χ1n) is 7.29. The summed E-state index contributed by atoms with van der Waals surface area (Å²) < 4.78 is 2.11. The number of aliphatic hydroxyl groups excluding tert-OH is 1. The quantitative estimate of drug-likeness (QED) is 0.917. The standard InChI is InChI=1S/C17H17N3O/c21-15-6-2-8-19(12-15)14-5-1-4-13(10-14)16-11-18-20-9-3-7-17(16)20/h1-2,4-6,8,10-11,21H,3,7,9,12H2. The molecule has 0 aliphatic carbocycles. The molecular weight excluding hydrogens is 262 g/mol. The van der Waals surface area contributed by atoms with Crippen molar-refractivity contribution >= 4 is 5.69 Å². The molecule has 3 heterocycles. The first kappa shape index (κ1) is 12.3. The van der Waals surface area contributed by atoms with Gasteiger partial charge in [0.1, 0.15) is 5.76 Å². The first-order valence-corrected chi connectivity index (χ1v) is 7.29. The van der Waals surface area contributed by atoms with Gasteiger partial charge in [-0.2, -0.15) is 5.10 Å². The Morgan fingerprint density at radius 3 is 3.10 bits per heavy atom. The van der Waals surface area contributed by atoms with E-state index in [2.05, 4.69) is 34.0 Å². The minimum absolute atomic E-state index is 0.384. The molecular formula is C17H17N3O. The predicted octanol–water partition coefficient (Wildman–Crippen LogP) is 3.27. The minimum Gasteiger partial charge on any atom is -0.510 e. The van der Waals surface area contributed by atoms with Gasteiger partial charge in [-0.3, -0.25) is 4.68 Å². The van der Waals surface area contributed by atoms with Crippen molar-refractivity contribution in [3.8, 4) is 11.1 Å². The van der Waals surface area contributed by atoms with E-state index in [1.807, 2.05) is 23.4 Å². The molecule has 0 saturated carbocycles. The Morgan fingerprint density at radius 2 is 2.19 bits per heavy atom. The molecule has 106 valence electrons. The fraction of sp³-hybridized carbons (Fsp3) is 0.235. The summed E-state index contributed by atoms with van der Waals surface area (Å²) in [4.78, 5) is 2.04. The van der Waals surface area contributed by atoms with Gasteiger partial charge in [0.2, 0.25) is 0 Å². The highest BCUT2D eigenvalue weighted by molar-refractivity contribution is 5.71. The van der Waals surface area contributed by atoms with E-state index in [1.165, 1.54) is 23.2 Å². The lowest BCUT2D eigenvalue weighted by Gasteiger charge is -2.22. The minimum atomic E-state index is 0.384. The largest absolute Gasteiger partial charge is 0.510 e. The zero-order valence-corrected chi connectivity index (χ0v) is 11.7. The second-order valence-corrected chi connectivity index (χ2v) is 5.51. The lowest BCUT2D eigenvalue weighted by Crippen LogP contribution is -2.21. The van der Waals surface area contributed by atoms with Gasteiger partial charge in [-0.05, 0) is 42.7 Å². The van der Waals surface area contributed by atoms with Crippen molar-refractivity contribution in [2.24, 2.45) is 0 Å². The number of aliphatic hydroxyl groups is 1. The van der Waals surface area contributed by atoms with Gasteiger partial charge in [-0.1, -0.05) is 12.1 Å². The third kappa shape index (κ3) is 2.13. The number of hydrogen-bond acceptors (Lipinski definition) is 3. The molecule has 1 N–H and O–H groups in total. The monoisotopic (exact) mass is 279 g/mol. The van der Waals surface area contributed by atoms with Crippen molar-refractivity contribution in [2.75, 3.05) is 11.4 Å². The number of nitrogens with zero attached hydrogens (tertiary/aromatic N) is 3. The highest BCUT2D eigenvalue weighted by atomic mass is 16.3. The van der Waals surface area contributed by atoms with Gasteiger partial charge >= 0.3 is 0 Å². The van der Waals surface area contributed by atoms with E-state index >= 15 is 0 Å². The Hall–Kier alpha value is -2.49. The number of rotatable bonds is 2. The van der Waals surface area contributed by atoms with Crippen LogP contribution in [0.15, 0.2) is 54.6 Å². The molecule has 0 radical (unpaired) electrons. The van der Waals surface area contributed by atoms with Crippen molar-refractivity contribution in [1.82, 2.24) is 9.78 Å². The van der Waals surface area contributed by atoms with Crippen LogP contribution in [0.1, 0.15) is 12.1 Å². The average molecular weight is 279 g/mol. The smallest absolute Gasteiger partial charge is 0.112 e. The summed E-state index contributed by atoms with van der Waals surface area (Å²) in [7, 11) is 0. The first-order chi connectivity index (χ1) is 10.3. The van der Waals surface area contributed by atoms with E-state index in [4.69, 9.17) is 0 Å². The van der Waals surface area contributed by atoms with Crippen molar-refractivity contribution in [3.63, 3.8) is 0 Å². The fourth-order valence-electron chi connectivity index (χ4n) is 3.07. The summed E-state index contributed by atoms with van der Waals surface area (Å²) in [5.74, 6) is 0.384. The van der Waals surface area contributed by atoms with Crippen LogP contribution in [0.3, 0.4) is 0 Å². The lowest BCUT2D eigenvalue weighted by molar-refractivity contribution is 0.401. The summed E-state index contributed by atoms with van der Waals surface area (Å²) in [5.41, 5.74) is 4.85. The molecule has 4 rings (SSSR count). The Balaban J connectivity index is 1.70. The Labute approximate surface area is 123 Å². The van der Waals surface area contributed by atoms with E-state index in [0.29, 0.717) is 12.3 Å². The van der Waals surface area contributed by atoms with Crippen LogP contribution >= 0.6 is 0 Å². The zero-order chi connectivity index (χ0) is 14.2. The van der Waals surface area contributed by atoms with Gasteiger partial charge in [0.25, 0.3) is 0 Å². The van der Waals surface area contributed by atoms with Crippen LogP contribution in [0.4, 0.5) is 5.69 Å². The van der Waals surface area contributed by atoms with Crippen molar-refractivity contribution < 1.29 is 5.11 Å². The summed E-state index contributed by atoms with van der Waals surface area (Å²) in [5, 5.41) is 14.1. The number of aromatic nitrogens is 2. The molecule has 2 aliphatic heterocycles. The molecule has 0 atom stereocenters. The van der Waals surface area contributed by atoms with Crippen LogP contribution in [0, 0.1) is 0 Å². The molecule has 0 saturated heterocycles. The number of aryl methyl sites for hydroxylation is 1. The van der Waals surface area contributed by atoms with Crippen molar-refractivity contribution in [1.29, 1.82) is 0 Å². The van der Waals surface area contributed by atoms with Gasteiger partial charge in [0.05, 0.1) is 12.7 Å². The predicted molar refractivity (Wildman–Crippen MR) is 83.2 cm³/mol. The average Bonchev–Trinajstić information content (AvgIpc) is 3.10. The summed E-state index contributed by atoms with van der Waals surface area (Å²) in [6, 6.07) is 8.42. The molecule has 1 aromatic heterocycles. The zero-order valence-electron chi connectivity index (χ0n) is 11.7. The van der Waals surface area contributed by atoms with Crippen LogP contribution < -0.4 is 4.90 Å². The molecule has 0 bridgehead atoms. The topological polar surface area (TPSA) is 41.3 Å². The molecule has 2 aromatic rings. The van der Waals surface area contributed by atoms with Crippen LogP contribution in [-0.4, -0.2) is 21.4 Å². The van der Waals surface area contributed by atoms with Gasteiger partial charge in [-0.15, -0.1) is 0 Å². The number of hydrogen-bond donors (Lipinski definition) is 1. The van der Waals surface area contributed by atoms with Crippen LogP contribution in [0.25, 0.3) is 11.1 Å². The molecule has 1 aromatic carbocycles. The van der Waals surface area contributed by atoms with E-state index in [-0.39, 0.29) is 0 Å². The van der Waals surface area contributed by atoms with Gasteiger partial charge in [0, 0.05) is 29.7 Å². The Bertz CT molecular complexity index is 742. The number of benzene rings is 1. The Kier molecular flexibility index (Phi) is 2.81. The number of anilines is 1. The summed E-state index contributed by atoms with van der Waals surface area (Å²) >= 11 is 0. The third-order valence-electron chi connectivity index (χ3n) is 4.11. The van der Waals surface area contributed by atoms with Crippen LogP contribution in [0.5, 0.6) is 0 Å². The summed E-state index contributed by atoms with van der Waals surface area (Å²) in [6.07, 6.45) is 9.84. The van der Waals surface area contributed by atoms with Crippen molar-refractivity contribution in [2.45, 2.75) is 19.4 Å². The maximum Gasteiger partial charge on any atom is 0.112 e. The molecule has 0 unspecified atom stereocenters. The highest BCUT2D eigenvalue weighted by Crippen LogP contribution is 2.31. The Morgan fingerprint density at radius 1 is 1.24 bits per heavy atom.